The summed E-state index contributed by atoms with van der Waals surface area (Å²) in [4.78, 5) is 22.0. The third-order valence-corrected chi connectivity index (χ3v) is 7.18. The molecule has 0 saturated carbocycles. The monoisotopic (exact) mass is 371 g/mol. The average molecular weight is 372 g/mol. The summed E-state index contributed by atoms with van der Waals surface area (Å²) in [5.74, 6) is 0.608. The summed E-state index contributed by atoms with van der Waals surface area (Å²) in [6, 6.07) is 4.44. The summed E-state index contributed by atoms with van der Waals surface area (Å²) in [6.07, 6.45) is 4.26. The van der Waals surface area contributed by atoms with Gasteiger partial charge < -0.3 is 20.4 Å². The van der Waals surface area contributed by atoms with E-state index in [4.69, 9.17) is 0 Å². The van der Waals surface area contributed by atoms with Gasteiger partial charge in [0.1, 0.15) is 5.69 Å². The highest BCUT2D eigenvalue weighted by molar-refractivity contribution is 7.22. The van der Waals surface area contributed by atoms with Crippen LogP contribution in [0.4, 0.5) is 5.00 Å². The fourth-order valence-electron chi connectivity index (χ4n) is 4.46. The average Bonchev–Trinajstić information content (AvgIpc) is 3.13. The fourth-order valence-corrected chi connectivity index (χ4v) is 5.58. The van der Waals surface area contributed by atoms with E-state index in [2.05, 4.69) is 31.5 Å². The summed E-state index contributed by atoms with van der Waals surface area (Å²) in [5.41, 5.74) is 0.544. The Bertz CT molecular complexity index is 807. The highest BCUT2D eigenvalue weighted by atomic mass is 32.1. The highest BCUT2D eigenvalue weighted by Crippen LogP contribution is 2.33. The molecule has 2 aromatic rings. The van der Waals surface area contributed by atoms with Crippen LogP contribution in [-0.4, -0.2) is 67.6 Å². The highest BCUT2D eigenvalue weighted by Gasteiger charge is 2.35. The van der Waals surface area contributed by atoms with Crippen molar-refractivity contribution < 1.29 is 4.79 Å². The Morgan fingerprint density at radius 1 is 1.19 bits per heavy atom. The quantitative estimate of drug-likeness (QED) is 0.857. The zero-order valence-corrected chi connectivity index (χ0v) is 15.7. The summed E-state index contributed by atoms with van der Waals surface area (Å²) in [6.45, 7) is 7.49. The Kier molecular flexibility index (Phi) is 4.30. The number of nitrogens with zero attached hydrogens (tertiary/aromatic N) is 3. The number of nitrogens with one attached hydrogen (secondary N) is 2. The predicted molar refractivity (Wildman–Crippen MR) is 105 cm³/mol. The number of thiophene rings is 1. The van der Waals surface area contributed by atoms with Gasteiger partial charge in [-0.15, -0.1) is 11.3 Å². The van der Waals surface area contributed by atoms with Crippen LogP contribution in [0.5, 0.6) is 0 Å². The van der Waals surface area contributed by atoms with Gasteiger partial charge in [-0.1, -0.05) is 0 Å². The van der Waals surface area contributed by atoms with E-state index in [0.717, 1.165) is 42.8 Å². The number of fused-ring (bicyclic) bond motifs is 4. The van der Waals surface area contributed by atoms with Crippen molar-refractivity contribution in [3.63, 3.8) is 0 Å². The SMILES string of the molecule is O=C(NC1CN2CCC1CC2)c1cc2sc(N3CCNCC3)cc2cn1. The molecule has 6 nitrogen and oxygen atoms in total. The van der Waals surface area contributed by atoms with Crippen LogP contribution in [0.1, 0.15) is 23.3 Å². The van der Waals surface area contributed by atoms with E-state index in [1.54, 1.807) is 11.3 Å². The first-order valence-corrected chi connectivity index (χ1v) is 10.5. The molecule has 1 unspecified atom stereocenters. The maximum absolute atomic E-state index is 12.7. The molecule has 0 spiro atoms. The van der Waals surface area contributed by atoms with Gasteiger partial charge in [0, 0.05) is 55.0 Å². The van der Waals surface area contributed by atoms with Gasteiger partial charge in [-0.25, -0.2) is 0 Å². The fraction of sp³-hybridized carbons (Fsp3) is 0.579. The Morgan fingerprint density at radius 3 is 2.73 bits per heavy atom. The molecular formula is C19H25N5OS. The van der Waals surface area contributed by atoms with Crippen molar-refractivity contribution in [3.05, 3.63) is 24.0 Å². The zero-order valence-electron chi connectivity index (χ0n) is 14.9. The van der Waals surface area contributed by atoms with Crippen molar-refractivity contribution in [2.24, 2.45) is 5.92 Å². The van der Waals surface area contributed by atoms with Crippen LogP contribution < -0.4 is 15.5 Å². The molecule has 4 saturated heterocycles. The van der Waals surface area contributed by atoms with E-state index in [9.17, 15) is 4.79 Å². The maximum atomic E-state index is 12.7. The standard InChI is InChI=1S/C19H25N5OS/c25-19(22-16-12-23-5-1-13(16)2-6-23)15-10-17-14(11-21-15)9-18(26-17)24-7-3-20-4-8-24/h9-11,13,16,20H,1-8,12H2,(H,22,25). The number of hydrogen-bond donors (Lipinski definition) is 2. The van der Waals surface area contributed by atoms with Crippen molar-refractivity contribution in [3.8, 4) is 0 Å². The van der Waals surface area contributed by atoms with E-state index in [0.29, 0.717) is 11.6 Å². The number of hydrogen-bond acceptors (Lipinski definition) is 6. The van der Waals surface area contributed by atoms with Crippen molar-refractivity contribution in [2.45, 2.75) is 18.9 Å². The van der Waals surface area contributed by atoms with E-state index < -0.39 is 0 Å². The minimum Gasteiger partial charge on any atom is -0.361 e. The second-order valence-corrected chi connectivity index (χ2v) is 8.71. The maximum Gasteiger partial charge on any atom is 0.270 e. The second-order valence-electron chi connectivity index (χ2n) is 7.65. The number of carbonyl (C=O) groups excluding carboxylic acids is 1. The lowest BCUT2D eigenvalue weighted by Crippen LogP contribution is -2.57. The van der Waals surface area contributed by atoms with E-state index >= 15 is 0 Å². The molecular weight excluding hydrogens is 346 g/mol. The number of piperazine rings is 1. The van der Waals surface area contributed by atoms with Gasteiger partial charge in [0.05, 0.1) is 5.00 Å². The van der Waals surface area contributed by atoms with Gasteiger partial charge in [0.15, 0.2) is 0 Å². The minimum absolute atomic E-state index is 0.0252. The normalized spacial score (nSPS) is 28.5. The van der Waals surface area contributed by atoms with Crippen molar-refractivity contribution in [1.82, 2.24) is 20.5 Å². The van der Waals surface area contributed by atoms with Gasteiger partial charge in [-0.2, -0.15) is 0 Å². The first-order chi connectivity index (χ1) is 12.8. The topological polar surface area (TPSA) is 60.5 Å². The molecule has 26 heavy (non-hydrogen) atoms. The number of amides is 1. The minimum atomic E-state index is -0.0252. The smallest absolute Gasteiger partial charge is 0.270 e. The summed E-state index contributed by atoms with van der Waals surface area (Å²) in [7, 11) is 0. The van der Waals surface area contributed by atoms with Crippen molar-refractivity contribution >= 4 is 32.3 Å². The van der Waals surface area contributed by atoms with Crippen LogP contribution in [0.3, 0.4) is 0 Å². The molecule has 6 heterocycles. The van der Waals surface area contributed by atoms with Crippen LogP contribution in [0.15, 0.2) is 18.3 Å². The zero-order chi connectivity index (χ0) is 17.5. The number of aromatic nitrogens is 1. The molecule has 6 rings (SSSR count). The molecule has 0 aromatic carbocycles. The van der Waals surface area contributed by atoms with Crippen LogP contribution in [0.2, 0.25) is 0 Å². The molecule has 1 amide bonds. The Labute approximate surface area is 157 Å². The molecule has 138 valence electrons. The summed E-state index contributed by atoms with van der Waals surface area (Å²) in [5, 5.41) is 9.03. The van der Waals surface area contributed by atoms with Crippen molar-refractivity contribution in [2.75, 3.05) is 50.7 Å². The van der Waals surface area contributed by atoms with Crippen LogP contribution in [0.25, 0.3) is 10.1 Å². The lowest BCUT2D eigenvalue weighted by atomic mass is 9.84. The molecule has 7 heteroatoms. The third-order valence-electron chi connectivity index (χ3n) is 6.02. The van der Waals surface area contributed by atoms with Gasteiger partial charge >= 0.3 is 0 Å². The second kappa shape index (κ2) is 6.79. The predicted octanol–water partition coefficient (Wildman–Crippen LogP) is 1.53. The molecule has 4 fully saturated rings. The van der Waals surface area contributed by atoms with Crippen LogP contribution in [-0.2, 0) is 0 Å². The van der Waals surface area contributed by atoms with E-state index in [1.807, 2.05) is 12.3 Å². The number of piperidine rings is 3. The number of anilines is 1. The van der Waals surface area contributed by atoms with Gasteiger partial charge in [0.2, 0.25) is 0 Å². The Hall–Kier alpha value is -1.70. The molecule has 0 radical (unpaired) electrons. The van der Waals surface area contributed by atoms with Crippen molar-refractivity contribution in [1.29, 1.82) is 0 Å². The molecule has 0 aliphatic carbocycles. The Balaban J connectivity index is 1.33. The summed E-state index contributed by atoms with van der Waals surface area (Å²) < 4.78 is 1.15. The lowest BCUT2D eigenvalue weighted by Gasteiger charge is -2.44. The van der Waals surface area contributed by atoms with Crippen LogP contribution in [0, 0.1) is 5.92 Å². The lowest BCUT2D eigenvalue weighted by molar-refractivity contribution is 0.0618. The van der Waals surface area contributed by atoms with Gasteiger partial charge in [-0.3, -0.25) is 9.78 Å². The Morgan fingerprint density at radius 2 is 2.00 bits per heavy atom. The van der Waals surface area contributed by atoms with Crippen LogP contribution >= 0.6 is 11.3 Å². The first-order valence-electron chi connectivity index (χ1n) is 9.65. The number of rotatable bonds is 3. The summed E-state index contributed by atoms with van der Waals surface area (Å²) >= 11 is 1.76. The molecule has 2 aromatic heterocycles. The number of carbonyl (C=O) groups is 1. The van der Waals surface area contributed by atoms with Gasteiger partial charge in [-0.05, 0) is 44.0 Å². The molecule has 4 aliphatic rings. The van der Waals surface area contributed by atoms with E-state index in [-0.39, 0.29) is 11.9 Å². The third kappa shape index (κ3) is 3.08. The molecule has 2 bridgehead atoms. The molecule has 4 aliphatic heterocycles. The van der Waals surface area contributed by atoms with Gasteiger partial charge in [0.25, 0.3) is 5.91 Å². The molecule has 1 atom stereocenters. The largest absolute Gasteiger partial charge is 0.361 e. The molecule has 2 N–H and O–H groups in total. The first kappa shape index (κ1) is 16.5. The number of pyridine rings is 1. The van der Waals surface area contributed by atoms with E-state index in [1.165, 1.54) is 30.9 Å².